The van der Waals surface area contributed by atoms with Gasteiger partial charge in [-0.1, -0.05) is 31.2 Å². The van der Waals surface area contributed by atoms with E-state index in [1.54, 1.807) is 0 Å². The summed E-state index contributed by atoms with van der Waals surface area (Å²) < 4.78 is 41.3. The third-order valence-corrected chi connectivity index (χ3v) is 6.82. The van der Waals surface area contributed by atoms with Crippen LogP contribution in [-0.4, -0.2) is 17.5 Å². The van der Waals surface area contributed by atoms with Gasteiger partial charge in [0.05, 0.1) is 17.2 Å². The van der Waals surface area contributed by atoms with Crippen LogP contribution in [0.5, 0.6) is 0 Å². The summed E-state index contributed by atoms with van der Waals surface area (Å²) in [6.45, 7) is 1.84. The minimum absolute atomic E-state index is 0.109. The van der Waals surface area contributed by atoms with Crippen LogP contribution in [0, 0.1) is 5.82 Å². The molecule has 0 atom stereocenters. The Morgan fingerprint density at radius 1 is 1.15 bits per heavy atom. The molecule has 4 nitrogen and oxygen atoms in total. The van der Waals surface area contributed by atoms with Crippen molar-refractivity contribution in [2.24, 2.45) is 0 Å². The van der Waals surface area contributed by atoms with Crippen LogP contribution in [0.1, 0.15) is 29.2 Å². The number of nitrogens with zero attached hydrogens (tertiary/aromatic N) is 1. The van der Waals surface area contributed by atoms with Crippen LogP contribution < -0.4 is 0 Å². The third-order valence-electron chi connectivity index (χ3n) is 5.17. The monoisotopic (exact) mass is 385 g/mol. The number of hydrogen-bond donors (Lipinski definition) is 1. The summed E-state index contributed by atoms with van der Waals surface area (Å²) >= 11 is 0. The molecule has 0 radical (unpaired) electrons. The summed E-state index contributed by atoms with van der Waals surface area (Å²) in [5, 5.41) is 9.75. The highest BCUT2D eigenvalue weighted by Crippen LogP contribution is 2.39. The molecule has 0 fully saturated rings. The first kappa shape index (κ1) is 17.9. The molecule has 3 aromatic rings. The number of hydrogen-bond acceptors (Lipinski definition) is 3. The van der Waals surface area contributed by atoms with Crippen LogP contribution in [-0.2, 0) is 35.9 Å². The first-order valence-corrected chi connectivity index (χ1v) is 10.4. The Bertz CT molecular complexity index is 1130. The molecule has 1 aliphatic carbocycles. The average Bonchev–Trinajstić information content (AvgIpc) is 3.07. The lowest BCUT2D eigenvalue weighted by molar-refractivity contribution is 0.281. The van der Waals surface area contributed by atoms with Gasteiger partial charge in [0.1, 0.15) is 5.82 Å². The molecule has 0 unspecified atom stereocenters. The van der Waals surface area contributed by atoms with Crippen molar-refractivity contribution >= 4 is 10.0 Å². The van der Waals surface area contributed by atoms with Gasteiger partial charge < -0.3 is 5.11 Å². The molecule has 140 valence electrons. The number of rotatable bonds is 4. The normalized spacial score (nSPS) is 13.3. The second kappa shape index (κ2) is 6.62. The zero-order valence-corrected chi connectivity index (χ0v) is 15.8. The molecule has 1 heterocycles. The predicted molar refractivity (Wildman–Crippen MR) is 102 cm³/mol. The molecule has 1 aromatic heterocycles. The van der Waals surface area contributed by atoms with Crippen LogP contribution in [0.2, 0.25) is 0 Å². The molecule has 0 bridgehead atoms. The van der Waals surface area contributed by atoms with Crippen molar-refractivity contribution in [3.8, 4) is 11.3 Å². The highest BCUT2D eigenvalue weighted by atomic mass is 32.2. The fourth-order valence-corrected chi connectivity index (χ4v) is 5.21. The SMILES string of the molecule is CCc1ccc2c(c1)CCc1c(CO)cn(S(=O)(=O)c3cccc(F)c3)c1-2. The van der Waals surface area contributed by atoms with Crippen molar-refractivity contribution in [3.05, 3.63) is 76.7 Å². The fourth-order valence-electron chi connectivity index (χ4n) is 3.76. The average molecular weight is 385 g/mol. The Morgan fingerprint density at radius 2 is 1.96 bits per heavy atom. The molecule has 4 rings (SSSR count). The van der Waals surface area contributed by atoms with Crippen molar-refractivity contribution in [1.82, 2.24) is 3.97 Å². The van der Waals surface area contributed by atoms with Crippen LogP contribution >= 0.6 is 0 Å². The van der Waals surface area contributed by atoms with Gasteiger partial charge in [-0.2, -0.15) is 0 Å². The van der Waals surface area contributed by atoms with Crippen LogP contribution in [0.15, 0.2) is 53.6 Å². The van der Waals surface area contributed by atoms with E-state index in [1.807, 2.05) is 12.1 Å². The highest BCUT2D eigenvalue weighted by Gasteiger charge is 2.29. The standard InChI is InChI=1S/C21H20FNO3S/c1-2-14-6-8-19-15(10-14)7-9-20-16(13-24)12-23(21(19)20)27(25,26)18-5-3-4-17(22)11-18/h3-6,8,10-12,24H,2,7,9,13H2,1H3. The summed E-state index contributed by atoms with van der Waals surface area (Å²) in [5.74, 6) is -0.604. The Kier molecular flexibility index (Phi) is 4.40. The topological polar surface area (TPSA) is 59.3 Å². The van der Waals surface area contributed by atoms with Crippen molar-refractivity contribution in [1.29, 1.82) is 0 Å². The zero-order chi connectivity index (χ0) is 19.2. The van der Waals surface area contributed by atoms with Gasteiger partial charge in [-0.25, -0.2) is 16.8 Å². The minimum Gasteiger partial charge on any atom is -0.392 e. The molecule has 1 aliphatic rings. The lowest BCUT2D eigenvalue weighted by Crippen LogP contribution is -2.16. The van der Waals surface area contributed by atoms with E-state index in [-0.39, 0.29) is 11.5 Å². The third kappa shape index (κ3) is 2.89. The fraction of sp³-hybridized carbons (Fsp3) is 0.238. The second-order valence-corrected chi connectivity index (χ2v) is 8.56. The van der Waals surface area contributed by atoms with E-state index < -0.39 is 15.8 Å². The lowest BCUT2D eigenvalue weighted by atomic mass is 9.87. The molecule has 0 amide bonds. The number of aliphatic hydroxyl groups excluding tert-OH is 1. The van der Waals surface area contributed by atoms with Crippen molar-refractivity contribution in [2.45, 2.75) is 37.7 Å². The minimum atomic E-state index is -3.99. The summed E-state index contributed by atoms with van der Waals surface area (Å²) in [7, 11) is -3.99. The van der Waals surface area contributed by atoms with E-state index in [0.29, 0.717) is 17.7 Å². The van der Waals surface area contributed by atoms with Crippen LogP contribution in [0.4, 0.5) is 4.39 Å². The Labute approximate surface area is 158 Å². The van der Waals surface area contributed by atoms with E-state index in [9.17, 15) is 17.9 Å². The summed E-state index contributed by atoms with van der Waals surface area (Å²) in [6, 6.07) is 11.1. The van der Waals surface area contributed by atoms with E-state index in [2.05, 4.69) is 13.0 Å². The van der Waals surface area contributed by atoms with Crippen molar-refractivity contribution in [3.63, 3.8) is 0 Å². The molecule has 1 N–H and O–H groups in total. The first-order valence-electron chi connectivity index (χ1n) is 8.93. The van der Waals surface area contributed by atoms with E-state index >= 15 is 0 Å². The molecule has 0 aliphatic heterocycles. The van der Waals surface area contributed by atoms with Crippen LogP contribution in [0.25, 0.3) is 11.3 Å². The number of aromatic nitrogens is 1. The van der Waals surface area contributed by atoms with Gasteiger partial charge in [-0.3, -0.25) is 0 Å². The Balaban J connectivity index is 1.97. The van der Waals surface area contributed by atoms with Gasteiger partial charge in [0.15, 0.2) is 0 Å². The van der Waals surface area contributed by atoms with E-state index in [0.717, 1.165) is 35.6 Å². The largest absolute Gasteiger partial charge is 0.392 e. The van der Waals surface area contributed by atoms with Gasteiger partial charge >= 0.3 is 0 Å². The quantitative estimate of drug-likeness (QED) is 0.745. The van der Waals surface area contributed by atoms with E-state index in [1.165, 1.54) is 33.9 Å². The van der Waals surface area contributed by atoms with Gasteiger partial charge in [-0.05, 0) is 54.2 Å². The van der Waals surface area contributed by atoms with Gasteiger partial charge in [-0.15, -0.1) is 0 Å². The highest BCUT2D eigenvalue weighted by molar-refractivity contribution is 7.90. The smallest absolute Gasteiger partial charge is 0.268 e. The molecular weight excluding hydrogens is 365 g/mol. The summed E-state index contributed by atoms with van der Waals surface area (Å²) in [4.78, 5) is -0.109. The molecule has 0 saturated carbocycles. The van der Waals surface area contributed by atoms with Crippen LogP contribution in [0.3, 0.4) is 0 Å². The summed E-state index contributed by atoms with van der Waals surface area (Å²) in [6.07, 6.45) is 3.84. The van der Waals surface area contributed by atoms with Gasteiger partial charge in [0.25, 0.3) is 10.0 Å². The molecule has 2 aromatic carbocycles. The second-order valence-electron chi connectivity index (χ2n) is 6.74. The van der Waals surface area contributed by atoms with E-state index in [4.69, 9.17) is 0 Å². The van der Waals surface area contributed by atoms with Crippen molar-refractivity contribution < 1.29 is 17.9 Å². The number of halogens is 1. The Morgan fingerprint density at radius 3 is 2.67 bits per heavy atom. The van der Waals surface area contributed by atoms with Crippen molar-refractivity contribution in [2.75, 3.05) is 0 Å². The number of aliphatic hydroxyl groups is 1. The number of benzene rings is 2. The first-order chi connectivity index (χ1) is 13.0. The number of aryl methyl sites for hydroxylation is 2. The number of fused-ring (bicyclic) bond motifs is 3. The lowest BCUT2D eigenvalue weighted by Gasteiger charge is -2.21. The molecular formula is C21H20FNO3S. The van der Waals surface area contributed by atoms with Gasteiger partial charge in [0, 0.05) is 17.3 Å². The predicted octanol–water partition coefficient (Wildman–Crippen LogP) is 3.68. The summed E-state index contributed by atoms with van der Waals surface area (Å²) in [5.41, 5.74) is 5.16. The van der Waals surface area contributed by atoms with Gasteiger partial charge in [0.2, 0.25) is 0 Å². The molecule has 0 spiro atoms. The molecule has 6 heteroatoms. The zero-order valence-electron chi connectivity index (χ0n) is 14.9. The Hall–Kier alpha value is -2.44. The molecule has 0 saturated heterocycles. The maximum absolute atomic E-state index is 13.6. The maximum Gasteiger partial charge on any atom is 0.268 e. The molecule has 27 heavy (non-hydrogen) atoms. The maximum atomic E-state index is 13.6.